The van der Waals surface area contributed by atoms with Gasteiger partial charge in [0.25, 0.3) is 5.91 Å². The molecular weight excluding hydrogens is 248 g/mol. The molecule has 2 aromatic rings. The minimum atomic E-state index is -0.0871. The third kappa shape index (κ3) is 2.06. The summed E-state index contributed by atoms with van der Waals surface area (Å²) in [6.45, 7) is 2.26. The second kappa shape index (κ2) is 4.57. The van der Waals surface area contributed by atoms with Crippen molar-refractivity contribution in [1.29, 1.82) is 0 Å². The Morgan fingerprint density at radius 3 is 3.28 bits per heavy atom. The first kappa shape index (κ1) is 11.5. The molecule has 0 fully saturated rings. The molecule has 5 heteroatoms. The number of anilines is 1. The van der Waals surface area contributed by atoms with Gasteiger partial charge in [0.2, 0.25) is 0 Å². The predicted octanol–water partition coefficient (Wildman–Crippen LogP) is 3.11. The van der Waals surface area contributed by atoms with Crippen molar-refractivity contribution >= 4 is 23.1 Å². The summed E-state index contributed by atoms with van der Waals surface area (Å²) in [5.41, 5.74) is 2.02. The first-order chi connectivity index (χ1) is 8.74. The Kier molecular flexibility index (Phi) is 2.91. The summed E-state index contributed by atoms with van der Waals surface area (Å²) in [5, 5.41) is 8.39. The molecule has 1 aliphatic rings. The highest BCUT2D eigenvalue weighted by atomic mass is 32.1. The Labute approximate surface area is 109 Å². The molecule has 1 aliphatic carbocycles. The molecule has 0 radical (unpaired) electrons. The number of amides is 1. The van der Waals surface area contributed by atoms with Gasteiger partial charge in [-0.1, -0.05) is 12.1 Å². The fraction of sp³-hybridized carbons (Fsp3) is 0.385. The number of carbonyl (C=O) groups excluding carboxylic acids is 1. The minimum Gasteiger partial charge on any atom is -0.363 e. The van der Waals surface area contributed by atoms with E-state index in [0.717, 1.165) is 30.7 Å². The average Bonchev–Trinajstić information content (AvgIpc) is 2.97. The minimum absolute atomic E-state index is 0.0871. The number of thiophene rings is 1. The van der Waals surface area contributed by atoms with Crippen LogP contribution >= 0.6 is 11.3 Å². The number of nitrogens with one attached hydrogen (secondary N) is 1. The molecule has 0 spiro atoms. The number of hydrogen-bond acceptors (Lipinski definition) is 4. The maximum atomic E-state index is 12.1. The molecule has 0 bridgehead atoms. The van der Waals surface area contributed by atoms with Crippen molar-refractivity contribution in [3.05, 3.63) is 33.7 Å². The van der Waals surface area contributed by atoms with Crippen LogP contribution < -0.4 is 5.32 Å². The maximum absolute atomic E-state index is 12.1. The van der Waals surface area contributed by atoms with Gasteiger partial charge in [0.05, 0.1) is 5.56 Å². The summed E-state index contributed by atoms with van der Waals surface area (Å²) in [6, 6.07) is 1.64. The highest BCUT2D eigenvalue weighted by molar-refractivity contribution is 7.10. The van der Waals surface area contributed by atoms with Crippen LogP contribution in [-0.2, 0) is 12.8 Å². The second-order valence-corrected chi connectivity index (χ2v) is 5.70. The molecule has 2 heterocycles. The third-order valence-corrected chi connectivity index (χ3v) is 4.38. The highest BCUT2D eigenvalue weighted by Crippen LogP contribution is 2.33. The Morgan fingerprint density at radius 1 is 1.61 bits per heavy atom. The van der Waals surface area contributed by atoms with Gasteiger partial charge in [-0.15, -0.1) is 11.3 Å². The van der Waals surface area contributed by atoms with Crippen LogP contribution in [0.25, 0.3) is 0 Å². The maximum Gasteiger partial charge on any atom is 0.258 e. The largest absolute Gasteiger partial charge is 0.363 e. The lowest BCUT2D eigenvalue weighted by Gasteiger charge is -2.18. The van der Waals surface area contributed by atoms with Gasteiger partial charge in [0.15, 0.2) is 5.82 Å². The highest BCUT2D eigenvalue weighted by Gasteiger charge is 2.23. The summed E-state index contributed by atoms with van der Waals surface area (Å²) in [5.74, 6) is 1.10. The first-order valence-corrected chi connectivity index (χ1v) is 6.93. The van der Waals surface area contributed by atoms with E-state index in [1.54, 1.807) is 17.4 Å². The van der Waals surface area contributed by atoms with E-state index >= 15 is 0 Å². The van der Waals surface area contributed by atoms with E-state index in [0.29, 0.717) is 5.82 Å². The third-order valence-electron chi connectivity index (χ3n) is 3.33. The SMILES string of the molecule is C[C@H]1CCc2c(C(=O)Nc3ccon3)csc2C1. The molecule has 18 heavy (non-hydrogen) atoms. The monoisotopic (exact) mass is 262 g/mol. The Morgan fingerprint density at radius 2 is 2.50 bits per heavy atom. The van der Waals surface area contributed by atoms with Crippen LogP contribution in [0.3, 0.4) is 0 Å². The van der Waals surface area contributed by atoms with Gasteiger partial charge < -0.3 is 9.84 Å². The van der Waals surface area contributed by atoms with Gasteiger partial charge in [0.1, 0.15) is 6.26 Å². The molecule has 0 unspecified atom stereocenters. The number of fused-ring (bicyclic) bond motifs is 1. The number of carbonyl (C=O) groups is 1. The molecule has 1 N–H and O–H groups in total. The lowest BCUT2D eigenvalue weighted by Crippen LogP contribution is -2.16. The molecule has 94 valence electrons. The number of rotatable bonds is 2. The predicted molar refractivity (Wildman–Crippen MR) is 70.0 cm³/mol. The van der Waals surface area contributed by atoms with Crippen LogP contribution in [0.4, 0.5) is 5.82 Å². The van der Waals surface area contributed by atoms with Gasteiger partial charge in [-0.2, -0.15) is 0 Å². The van der Waals surface area contributed by atoms with Crippen LogP contribution in [0.1, 0.15) is 34.1 Å². The van der Waals surface area contributed by atoms with Crippen LogP contribution in [0.2, 0.25) is 0 Å². The summed E-state index contributed by atoms with van der Waals surface area (Å²) < 4.78 is 4.70. The standard InChI is InChI=1S/C13H14N2O2S/c1-8-2-3-9-10(7-18-11(9)6-8)13(16)14-12-4-5-17-15-12/h4-5,7-8H,2-3,6H2,1H3,(H,14,15,16)/t8-/m0/s1. The van der Waals surface area contributed by atoms with Gasteiger partial charge in [-0.3, -0.25) is 4.79 Å². The summed E-state index contributed by atoms with van der Waals surface area (Å²) in [6.07, 6.45) is 4.70. The van der Waals surface area contributed by atoms with Crippen molar-refractivity contribution in [2.45, 2.75) is 26.2 Å². The fourth-order valence-electron chi connectivity index (χ4n) is 2.33. The molecule has 1 amide bonds. The van der Waals surface area contributed by atoms with Crippen molar-refractivity contribution in [2.75, 3.05) is 5.32 Å². The number of aromatic nitrogens is 1. The van der Waals surface area contributed by atoms with E-state index in [2.05, 4.69) is 17.4 Å². The van der Waals surface area contributed by atoms with Crippen LogP contribution in [0.5, 0.6) is 0 Å². The zero-order chi connectivity index (χ0) is 12.5. The Bertz CT molecular complexity index is 560. The Balaban J connectivity index is 1.82. The molecule has 4 nitrogen and oxygen atoms in total. The lowest BCUT2D eigenvalue weighted by atomic mass is 9.88. The smallest absolute Gasteiger partial charge is 0.258 e. The first-order valence-electron chi connectivity index (χ1n) is 6.05. The molecule has 2 aromatic heterocycles. The van der Waals surface area contributed by atoms with Crippen molar-refractivity contribution in [3.63, 3.8) is 0 Å². The van der Waals surface area contributed by atoms with E-state index < -0.39 is 0 Å². The van der Waals surface area contributed by atoms with Gasteiger partial charge >= 0.3 is 0 Å². The molecule has 0 saturated heterocycles. The van der Waals surface area contributed by atoms with Gasteiger partial charge in [-0.05, 0) is 30.7 Å². The normalized spacial score (nSPS) is 18.4. The van der Waals surface area contributed by atoms with E-state index in [-0.39, 0.29) is 5.91 Å². The quantitative estimate of drug-likeness (QED) is 0.904. The van der Waals surface area contributed by atoms with E-state index in [1.807, 2.05) is 5.38 Å². The van der Waals surface area contributed by atoms with Crippen LogP contribution in [0, 0.1) is 5.92 Å². The van der Waals surface area contributed by atoms with Gasteiger partial charge in [-0.25, -0.2) is 0 Å². The number of hydrogen-bond donors (Lipinski definition) is 1. The Hall–Kier alpha value is -1.62. The second-order valence-electron chi connectivity index (χ2n) is 4.74. The van der Waals surface area contributed by atoms with Crippen LogP contribution in [0.15, 0.2) is 22.2 Å². The molecule has 1 atom stereocenters. The molecule has 3 rings (SSSR count). The topological polar surface area (TPSA) is 55.1 Å². The van der Waals surface area contributed by atoms with E-state index in [4.69, 9.17) is 4.52 Å². The zero-order valence-electron chi connectivity index (χ0n) is 10.1. The van der Waals surface area contributed by atoms with E-state index in [9.17, 15) is 4.79 Å². The zero-order valence-corrected chi connectivity index (χ0v) is 10.9. The fourth-order valence-corrected chi connectivity index (χ4v) is 3.57. The summed E-state index contributed by atoms with van der Waals surface area (Å²) >= 11 is 1.69. The van der Waals surface area contributed by atoms with E-state index in [1.165, 1.54) is 16.7 Å². The summed E-state index contributed by atoms with van der Waals surface area (Å²) in [7, 11) is 0. The van der Waals surface area contributed by atoms with Crippen molar-refractivity contribution in [1.82, 2.24) is 5.16 Å². The lowest BCUT2D eigenvalue weighted by molar-refractivity contribution is 0.102. The van der Waals surface area contributed by atoms with Crippen molar-refractivity contribution in [3.8, 4) is 0 Å². The molecule has 0 saturated carbocycles. The van der Waals surface area contributed by atoms with Crippen molar-refractivity contribution in [2.24, 2.45) is 5.92 Å². The molecule has 0 aromatic carbocycles. The average molecular weight is 262 g/mol. The molecular formula is C13H14N2O2S. The summed E-state index contributed by atoms with van der Waals surface area (Å²) in [4.78, 5) is 13.5. The molecule has 0 aliphatic heterocycles. The van der Waals surface area contributed by atoms with Crippen LogP contribution in [-0.4, -0.2) is 11.1 Å². The van der Waals surface area contributed by atoms with Gasteiger partial charge in [0, 0.05) is 16.3 Å². The van der Waals surface area contributed by atoms with Crippen molar-refractivity contribution < 1.29 is 9.32 Å². The number of nitrogens with zero attached hydrogens (tertiary/aromatic N) is 1.